The van der Waals surface area contributed by atoms with Crippen LogP contribution >= 0.6 is 0 Å². The van der Waals surface area contributed by atoms with Crippen LogP contribution in [0.4, 0.5) is 17.5 Å². The van der Waals surface area contributed by atoms with Crippen LogP contribution in [0.2, 0.25) is 0 Å². The predicted molar refractivity (Wildman–Crippen MR) is 83.9 cm³/mol. The second-order valence-corrected chi connectivity index (χ2v) is 5.17. The van der Waals surface area contributed by atoms with Gasteiger partial charge < -0.3 is 15.5 Å². The van der Waals surface area contributed by atoms with E-state index in [4.69, 9.17) is 5.73 Å². The normalized spacial score (nSPS) is 15.5. The van der Waals surface area contributed by atoms with E-state index in [0.717, 1.165) is 37.8 Å². The minimum atomic E-state index is 0.530. The first-order chi connectivity index (χ1) is 10.8. The fourth-order valence-electron chi connectivity index (χ4n) is 2.69. The molecule has 2 N–H and O–H groups in total. The van der Waals surface area contributed by atoms with Crippen LogP contribution in [0.3, 0.4) is 0 Å². The molecule has 8 heteroatoms. The third-order valence-corrected chi connectivity index (χ3v) is 3.84. The Kier molecular flexibility index (Phi) is 2.99. The zero-order chi connectivity index (χ0) is 14.9. The van der Waals surface area contributed by atoms with Crippen molar-refractivity contribution in [3.63, 3.8) is 0 Å². The number of hydrogen-bond acceptors (Lipinski definition) is 7. The van der Waals surface area contributed by atoms with E-state index in [-0.39, 0.29) is 0 Å². The van der Waals surface area contributed by atoms with Crippen LogP contribution in [0.1, 0.15) is 0 Å². The van der Waals surface area contributed by atoms with Gasteiger partial charge in [0.1, 0.15) is 23.8 Å². The summed E-state index contributed by atoms with van der Waals surface area (Å²) in [5, 5.41) is 4.04. The van der Waals surface area contributed by atoms with E-state index in [0.29, 0.717) is 11.6 Å². The molecule has 0 aliphatic carbocycles. The van der Waals surface area contributed by atoms with E-state index in [2.05, 4.69) is 29.9 Å². The SMILES string of the molecule is Nc1cc(N2CCN(c3ccccn3)CC2)nc2ncnn12. The average Bonchev–Trinajstić information content (AvgIpc) is 3.05. The molecule has 0 amide bonds. The van der Waals surface area contributed by atoms with Crippen molar-refractivity contribution in [2.45, 2.75) is 0 Å². The lowest BCUT2D eigenvalue weighted by molar-refractivity contribution is 0.641. The lowest BCUT2D eigenvalue weighted by Gasteiger charge is -2.36. The number of rotatable bonds is 2. The van der Waals surface area contributed by atoms with Crippen molar-refractivity contribution in [3.05, 3.63) is 36.8 Å². The monoisotopic (exact) mass is 296 g/mol. The molecule has 0 radical (unpaired) electrons. The molecule has 22 heavy (non-hydrogen) atoms. The first-order valence-electron chi connectivity index (χ1n) is 7.18. The highest BCUT2D eigenvalue weighted by molar-refractivity contribution is 5.54. The van der Waals surface area contributed by atoms with Gasteiger partial charge in [0.25, 0.3) is 5.78 Å². The molecule has 1 fully saturated rings. The van der Waals surface area contributed by atoms with E-state index in [9.17, 15) is 0 Å². The summed E-state index contributed by atoms with van der Waals surface area (Å²) < 4.78 is 1.54. The molecule has 0 bridgehead atoms. The second kappa shape index (κ2) is 5.14. The molecule has 0 unspecified atom stereocenters. The van der Waals surface area contributed by atoms with E-state index in [1.165, 1.54) is 10.8 Å². The van der Waals surface area contributed by atoms with Crippen LogP contribution in [0.5, 0.6) is 0 Å². The van der Waals surface area contributed by atoms with Crippen LogP contribution in [0.15, 0.2) is 36.8 Å². The van der Waals surface area contributed by atoms with Gasteiger partial charge in [0, 0.05) is 38.4 Å². The summed E-state index contributed by atoms with van der Waals surface area (Å²) in [6.45, 7) is 3.54. The lowest BCUT2D eigenvalue weighted by atomic mass is 10.3. The molecule has 4 rings (SSSR count). The molecular formula is C14H16N8. The zero-order valence-electron chi connectivity index (χ0n) is 12.0. The van der Waals surface area contributed by atoms with E-state index < -0.39 is 0 Å². The average molecular weight is 296 g/mol. The highest BCUT2D eigenvalue weighted by atomic mass is 15.4. The van der Waals surface area contributed by atoms with Gasteiger partial charge >= 0.3 is 0 Å². The van der Waals surface area contributed by atoms with Crippen molar-refractivity contribution in [3.8, 4) is 0 Å². The predicted octanol–water partition coefficient (Wildman–Crippen LogP) is 0.428. The summed E-state index contributed by atoms with van der Waals surface area (Å²) in [5.41, 5.74) is 6.00. The van der Waals surface area contributed by atoms with Crippen molar-refractivity contribution in [1.82, 2.24) is 24.6 Å². The number of nitrogens with zero attached hydrogens (tertiary/aromatic N) is 7. The van der Waals surface area contributed by atoms with Crippen LogP contribution in [0, 0.1) is 0 Å². The molecule has 0 spiro atoms. The maximum atomic E-state index is 6.00. The van der Waals surface area contributed by atoms with E-state index >= 15 is 0 Å². The highest BCUT2D eigenvalue weighted by Gasteiger charge is 2.20. The largest absolute Gasteiger partial charge is 0.383 e. The van der Waals surface area contributed by atoms with Crippen molar-refractivity contribution < 1.29 is 0 Å². The summed E-state index contributed by atoms with van der Waals surface area (Å²) in [5.74, 6) is 2.94. The van der Waals surface area contributed by atoms with E-state index in [1.54, 1.807) is 0 Å². The fourth-order valence-corrected chi connectivity index (χ4v) is 2.69. The number of nitrogen functional groups attached to an aromatic ring is 1. The third-order valence-electron chi connectivity index (χ3n) is 3.84. The third kappa shape index (κ3) is 2.18. The Labute approximate surface area is 127 Å². The topological polar surface area (TPSA) is 88.5 Å². The number of fused-ring (bicyclic) bond motifs is 1. The molecule has 4 heterocycles. The van der Waals surface area contributed by atoms with Gasteiger partial charge in [-0.3, -0.25) is 0 Å². The molecule has 1 saturated heterocycles. The summed E-state index contributed by atoms with van der Waals surface area (Å²) in [7, 11) is 0. The number of piperazine rings is 1. The molecular weight excluding hydrogens is 280 g/mol. The van der Waals surface area contributed by atoms with Crippen molar-refractivity contribution in [2.24, 2.45) is 0 Å². The smallest absolute Gasteiger partial charge is 0.256 e. The molecule has 1 aliphatic rings. The standard InChI is InChI=1S/C14H16N8/c15-11-9-13(19-14-17-10-18-22(11)14)21-7-5-20(6-8-21)12-3-1-2-4-16-12/h1-4,9-10H,5-8,15H2. The summed E-state index contributed by atoms with van der Waals surface area (Å²) in [4.78, 5) is 17.5. The van der Waals surface area contributed by atoms with Gasteiger partial charge in [-0.2, -0.15) is 19.6 Å². The molecule has 0 aromatic carbocycles. The van der Waals surface area contributed by atoms with Gasteiger partial charge in [-0.05, 0) is 12.1 Å². The van der Waals surface area contributed by atoms with Gasteiger partial charge in [0.2, 0.25) is 0 Å². The minimum absolute atomic E-state index is 0.530. The Bertz CT molecular complexity index is 776. The molecule has 0 atom stereocenters. The number of anilines is 3. The molecule has 3 aromatic heterocycles. The molecule has 112 valence electrons. The lowest BCUT2D eigenvalue weighted by Crippen LogP contribution is -2.47. The number of nitrogens with two attached hydrogens (primary N) is 1. The van der Waals surface area contributed by atoms with Gasteiger partial charge in [-0.1, -0.05) is 6.07 Å². The van der Waals surface area contributed by atoms with Crippen LogP contribution in [-0.4, -0.2) is 50.7 Å². The van der Waals surface area contributed by atoms with Gasteiger partial charge in [-0.25, -0.2) is 4.98 Å². The highest BCUT2D eigenvalue weighted by Crippen LogP contribution is 2.19. The molecule has 0 saturated carbocycles. The molecule has 8 nitrogen and oxygen atoms in total. The van der Waals surface area contributed by atoms with Crippen LogP contribution in [0.25, 0.3) is 5.78 Å². The van der Waals surface area contributed by atoms with Gasteiger partial charge in [-0.15, -0.1) is 0 Å². The maximum Gasteiger partial charge on any atom is 0.256 e. The quantitative estimate of drug-likeness (QED) is 0.733. The Balaban J connectivity index is 1.53. The first-order valence-corrected chi connectivity index (χ1v) is 7.18. The van der Waals surface area contributed by atoms with Crippen LogP contribution < -0.4 is 15.5 Å². The summed E-state index contributed by atoms with van der Waals surface area (Å²) >= 11 is 0. The molecule has 1 aliphatic heterocycles. The minimum Gasteiger partial charge on any atom is -0.383 e. The Morgan fingerprint density at radius 3 is 2.45 bits per heavy atom. The van der Waals surface area contributed by atoms with Crippen molar-refractivity contribution >= 4 is 23.2 Å². The zero-order valence-corrected chi connectivity index (χ0v) is 12.0. The summed E-state index contributed by atoms with van der Waals surface area (Å²) in [6.07, 6.45) is 3.28. The van der Waals surface area contributed by atoms with E-state index in [1.807, 2.05) is 30.5 Å². The number of aromatic nitrogens is 5. The maximum absolute atomic E-state index is 6.00. The fraction of sp³-hybridized carbons (Fsp3) is 0.286. The van der Waals surface area contributed by atoms with Crippen LogP contribution in [-0.2, 0) is 0 Å². The molecule has 3 aromatic rings. The van der Waals surface area contributed by atoms with Gasteiger partial charge in [0.05, 0.1) is 0 Å². The van der Waals surface area contributed by atoms with Crippen molar-refractivity contribution in [1.29, 1.82) is 0 Å². The Morgan fingerprint density at radius 1 is 0.955 bits per heavy atom. The Morgan fingerprint density at radius 2 is 1.73 bits per heavy atom. The Hall–Kier alpha value is -2.90. The summed E-state index contributed by atoms with van der Waals surface area (Å²) in [6, 6.07) is 7.82. The second-order valence-electron chi connectivity index (χ2n) is 5.17. The first kappa shape index (κ1) is 12.8. The van der Waals surface area contributed by atoms with Gasteiger partial charge in [0.15, 0.2) is 0 Å². The van der Waals surface area contributed by atoms with Crippen molar-refractivity contribution in [2.75, 3.05) is 41.7 Å². The number of pyridine rings is 1. The number of hydrogen-bond donors (Lipinski definition) is 1.